The summed E-state index contributed by atoms with van der Waals surface area (Å²) in [7, 11) is -3.92. The predicted octanol–water partition coefficient (Wildman–Crippen LogP) is 1.74. The lowest BCUT2D eigenvalue weighted by Gasteiger charge is -2.21. The molecule has 0 saturated carbocycles. The SMILES string of the molecule is O=S1(=O)c2cccc(O)c2Oc2c1ccc(O)c2O. The minimum absolute atomic E-state index is 0.190. The number of hydrogen-bond acceptors (Lipinski definition) is 6. The van der Waals surface area contributed by atoms with Crippen molar-refractivity contribution in [2.45, 2.75) is 9.79 Å². The molecule has 6 nitrogen and oxygen atoms in total. The standard InChI is InChI=1S/C12H8O6S/c13-6-4-5-9-12(10(6)15)18-11-7(14)2-1-3-8(11)19(9,16)17/h1-5,13-15H. The van der Waals surface area contributed by atoms with E-state index in [-0.39, 0.29) is 21.3 Å². The van der Waals surface area contributed by atoms with Gasteiger partial charge in [-0.05, 0) is 24.3 Å². The molecule has 1 heterocycles. The van der Waals surface area contributed by atoms with Gasteiger partial charge in [0.2, 0.25) is 15.6 Å². The zero-order valence-corrected chi connectivity index (χ0v) is 10.2. The minimum atomic E-state index is -3.92. The van der Waals surface area contributed by atoms with Crippen molar-refractivity contribution in [1.29, 1.82) is 0 Å². The Balaban J connectivity index is 2.41. The molecule has 19 heavy (non-hydrogen) atoms. The molecule has 0 atom stereocenters. The van der Waals surface area contributed by atoms with Crippen molar-refractivity contribution < 1.29 is 28.5 Å². The first-order valence-electron chi connectivity index (χ1n) is 5.23. The molecule has 2 aromatic rings. The Hall–Kier alpha value is -2.41. The fourth-order valence-corrected chi connectivity index (χ4v) is 3.41. The summed E-state index contributed by atoms with van der Waals surface area (Å²) in [4.78, 5) is -0.453. The number of ether oxygens (including phenoxy) is 1. The molecule has 0 spiro atoms. The number of fused-ring (bicyclic) bond motifs is 2. The number of phenols is 3. The molecular formula is C12H8O6S. The Morgan fingerprint density at radius 3 is 2.26 bits per heavy atom. The highest BCUT2D eigenvalue weighted by Gasteiger charge is 2.35. The number of phenolic OH excluding ortho intramolecular Hbond substituents is 3. The van der Waals surface area contributed by atoms with Crippen LogP contribution in [-0.4, -0.2) is 23.7 Å². The summed E-state index contributed by atoms with van der Waals surface area (Å²) in [6.45, 7) is 0. The average Bonchev–Trinajstić information content (AvgIpc) is 2.36. The zero-order valence-electron chi connectivity index (χ0n) is 9.36. The van der Waals surface area contributed by atoms with Crippen molar-refractivity contribution in [3.8, 4) is 28.7 Å². The molecule has 3 rings (SSSR count). The van der Waals surface area contributed by atoms with E-state index in [1.807, 2.05) is 0 Å². The summed E-state index contributed by atoms with van der Waals surface area (Å²) in [5, 5.41) is 28.7. The van der Waals surface area contributed by atoms with Crippen LogP contribution in [0.5, 0.6) is 28.7 Å². The third kappa shape index (κ3) is 1.45. The Morgan fingerprint density at radius 2 is 1.53 bits per heavy atom. The number of rotatable bonds is 0. The summed E-state index contributed by atoms with van der Waals surface area (Å²) in [6, 6.07) is 6.12. The maximum absolute atomic E-state index is 12.3. The Bertz CT molecular complexity index is 794. The highest BCUT2D eigenvalue weighted by Crippen LogP contribution is 2.51. The summed E-state index contributed by atoms with van der Waals surface area (Å²) in [5.41, 5.74) is 0. The van der Waals surface area contributed by atoms with Gasteiger partial charge in [-0.15, -0.1) is 0 Å². The topological polar surface area (TPSA) is 104 Å². The van der Waals surface area contributed by atoms with E-state index in [0.717, 1.165) is 12.1 Å². The van der Waals surface area contributed by atoms with Gasteiger partial charge in [0.1, 0.15) is 9.79 Å². The number of para-hydroxylation sites is 1. The average molecular weight is 280 g/mol. The molecular weight excluding hydrogens is 272 g/mol. The molecule has 0 saturated heterocycles. The molecule has 1 aliphatic rings. The molecule has 98 valence electrons. The van der Waals surface area contributed by atoms with Crippen LogP contribution in [0.15, 0.2) is 40.1 Å². The Kier molecular flexibility index (Phi) is 2.18. The van der Waals surface area contributed by atoms with Crippen molar-refractivity contribution in [2.75, 3.05) is 0 Å². The van der Waals surface area contributed by atoms with E-state index in [0.29, 0.717) is 0 Å². The van der Waals surface area contributed by atoms with Gasteiger partial charge in [-0.3, -0.25) is 0 Å². The normalized spacial score (nSPS) is 15.2. The largest absolute Gasteiger partial charge is 0.504 e. The van der Waals surface area contributed by atoms with Crippen LogP contribution >= 0.6 is 0 Å². The number of hydrogen-bond donors (Lipinski definition) is 3. The molecule has 0 aromatic heterocycles. The summed E-state index contributed by atoms with van der Waals surface area (Å²) >= 11 is 0. The number of sulfone groups is 1. The monoisotopic (exact) mass is 280 g/mol. The lowest BCUT2D eigenvalue weighted by atomic mass is 10.2. The van der Waals surface area contributed by atoms with E-state index in [1.54, 1.807) is 0 Å². The van der Waals surface area contributed by atoms with Crippen molar-refractivity contribution in [1.82, 2.24) is 0 Å². The van der Waals surface area contributed by atoms with Crippen LogP contribution in [0.3, 0.4) is 0 Å². The van der Waals surface area contributed by atoms with Gasteiger partial charge in [0.25, 0.3) is 0 Å². The van der Waals surface area contributed by atoms with Gasteiger partial charge in [-0.1, -0.05) is 6.07 Å². The van der Waals surface area contributed by atoms with E-state index >= 15 is 0 Å². The van der Waals surface area contributed by atoms with Crippen LogP contribution < -0.4 is 4.74 Å². The highest BCUT2D eigenvalue weighted by molar-refractivity contribution is 7.91. The van der Waals surface area contributed by atoms with Gasteiger partial charge >= 0.3 is 0 Å². The second-order valence-corrected chi connectivity index (χ2v) is 5.86. The molecule has 0 fully saturated rings. The first-order chi connectivity index (χ1) is 8.93. The first kappa shape index (κ1) is 11.7. The molecule has 0 amide bonds. The van der Waals surface area contributed by atoms with Crippen LogP contribution in [0.4, 0.5) is 0 Å². The van der Waals surface area contributed by atoms with Crippen molar-refractivity contribution in [2.24, 2.45) is 0 Å². The van der Waals surface area contributed by atoms with Crippen LogP contribution in [0.2, 0.25) is 0 Å². The van der Waals surface area contributed by atoms with Crippen LogP contribution in [0, 0.1) is 0 Å². The van der Waals surface area contributed by atoms with Gasteiger partial charge < -0.3 is 20.1 Å². The second kappa shape index (κ2) is 3.55. The molecule has 3 N–H and O–H groups in total. The lowest BCUT2D eigenvalue weighted by molar-refractivity contribution is 0.346. The van der Waals surface area contributed by atoms with E-state index in [1.165, 1.54) is 18.2 Å². The fourth-order valence-electron chi connectivity index (χ4n) is 1.89. The van der Waals surface area contributed by atoms with Crippen LogP contribution in [0.25, 0.3) is 0 Å². The summed E-state index contributed by atoms with van der Waals surface area (Å²) in [6.07, 6.45) is 0. The smallest absolute Gasteiger partial charge is 0.214 e. The highest BCUT2D eigenvalue weighted by atomic mass is 32.2. The molecule has 0 aliphatic carbocycles. The van der Waals surface area contributed by atoms with Crippen molar-refractivity contribution in [3.05, 3.63) is 30.3 Å². The van der Waals surface area contributed by atoms with Crippen LogP contribution in [0.1, 0.15) is 0 Å². The molecule has 0 unspecified atom stereocenters. The van der Waals surface area contributed by atoms with Gasteiger partial charge in [0, 0.05) is 0 Å². The Morgan fingerprint density at radius 1 is 0.842 bits per heavy atom. The van der Waals surface area contributed by atoms with Crippen molar-refractivity contribution >= 4 is 9.84 Å². The second-order valence-electron chi connectivity index (χ2n) is 3.97. The van der Waals surface area contributed by atoms with Crippen molar-refractivity contribution in [3.63, 3.8) is 0 Å². The summed E-state index contributed by atoms with van der Waals surface area (Å²) in [5.74, 6) is -2.22. The van der Waals surface area contributed by atoms with Gasteiger partial charge in [-0.25, -0.2) is 8.42 Å². The quantitative estimate of drug-likeness (QED) is 0.542. The van der Waals surface area contributed by atoms with E-state index in [4.69, 9.17) is 4.74 Å². The van der Waals surface area contributed by atoms with Gasteiger partial charge in [-0.2, -0.15) is 0 Å². The van der Waals surface area contributed by atoms with Crippen LogP contribution in [-0.2, 0) is 9.84 Å². The number of aromatic hydroxyl groups is 3. The Labute approximate surface area is 108 Å². The fraction of sp³-hybridized carbons (Fsp3) is 0. The minimum Gasteiger partial charge on any atom is -0.504 e. The number of benzene rings is 2. The summed E-state index contributed by atoms with van der Waals surface area (Å²) < 4.78 is 29.9. The van der Waals surface area contributed by atoms with E-state index in [2.05, 4.69) is 0 Å². The van der Waals surface area contributed by atoms with Gasteiger partial charge in [0.15, 0.2) is 23.0 Å². The molecule has 2 aromatic carbocycles. The zero-order chi connectivity index (χ0) is 13.8. The molecule has 7 heteroatoms. The lowest BCUT2D eigenvalue weighted by Crippen LogP contribution is -2.11. The van der Waals surface area contributed by atoms with Gasteiger partial charge in [0.05, 0.1) is 0 Å². The van der Waals surface area contributed by atoms with E-state index in [9.17, 15) is 23.7 Å². The molecule has 1 aliphatic heterocycles. The van der Waals surface area contributed by atoms with E-state index < -0.39 is 27.1 Å². The third-order valence-corrected chi connectivity index (χ3v) is 4.62. The molecule has 0 radical (unpaired) electrons. The molecule has 0 bridgehead atoms. The third-order valence-electron chi connectivity index (χ3n) is 2.82. The predicted molar refractivity (Wildman–Crippen MR) is 63.4 cm³/mol. The maximum Gasteiger partial charge on any atom is 0.214 e. The maximum atomic E-state index is 12.3. The first-order valence-corrected chi connectivity index (χ1v) is 6.71.